The van der Waals surface area contributed by atoms with Gasteiger partial charge in [-0.2, -0.15) is 0 Å². The number of nitrogens with zero attached hydrogens (tertiary/aromatic N) is 1. The molecule has 1 aliphatic rings. The van der Waals surface area contributed by atoms with Gasteiger partial charge in [0.2, 0.25) is 0 Å². The first-order valence-corrected chi connectivity index (χ1v) is 8.31. The molecule has 0 bridgehead atoms. The summed E-state index contributed by atoms with van der Waals surface area (Å²) in [6.45, 7) is 5.88. The smallest absolute Gasteiger partial charge is 0.318 e. The van der Waals surface area contributed by atoms with Gasteiger partial charge in [0.05, 0.1) is 0 Å². The number of rotatable bonds is 4. The number of urea groups is 1. The molecule has 1 aliphatic heterocycles. The second-order valence-corrected chi connectivity index (χ2v) is 6.96. The van der Waals surface area contributed by atoms with Gasteiger partial charge in [-0.15, -0.1) is 23.1 Å². The fourth-order valence-corrected chi connectivity index (χ4v) is 4.34. The number of nitrogens with one attached hydrogen (secondary N) is 1. The number of unbranched alkanes of at least 4 members (excludes halogenated alkanes) is 1. The summed E-state index contributed by atoms with van der Waals surface area (Å²) in [5.41, 5.74) is 0. The maximum absolute atomic E-state index is 12.1. The van der Waals surface area contributed by atoms with E-state index in [-0.39, 0.29) is 11.4 Å². The SMILES string of the molecule is CCCCNC(=O)N1CCS[C@H]1c1ccc(C)s1. The van der Waals surface area contributed by atoms with Crippen LogP contribution in [-0.4, -0.2) is 29.8 Å². The van der Waals surface area contributed by atoms with E-state index >= 15 is 0 Å². The lowest BCUT2D eigenvalue weighted by molar-refractivity contribution is 0.200. The van der Waals surface area contributed by atoms with E-state index in [9.17, 15) is 4.79 Å². The van der Waals surface area contributed by atoms with Crippen molar-refractivity contribution in [3.63, 3.8) is 0 Å². The molecule has 0 radical (unpaired) electrons. The maximum Gasteiger partial charge on any atom is 0.318 e. The van der Waals surface area contributed by atoms with E-state index < -0.39 is 0 Å². The molecule has 0 aromatic carbocycles. The molecular formula is C13H20N2OS2. The van der Waals surface area contributed by atoms with Crippen molar-refractivity contribution in [2.24, 2.45) is 0 Å². The fraction of sp³-hybridized carbons (Fsp3) is 0.615. The van der Waals surface area contributed by atoms with Gasteiger partial charge in [-0.3, -0.25) is 0 Å². The minimum atomic E-state index is 0.0875. The van der Waals surface area contributed by atoms with E-state index in [1.165, 1.54) is 9.75 Å². The highest BCUT2D eigenvalue weighted by atomic mass is 32.2. The molecule has 18 heavy (non-hydrogen) atoms. The molecule has 0 saturated carbocycles. The summed E-state index contributed by atoms with van der Waals surface area (Å²) < 4.78 is 0. The zero-order valence-electron chi connectivity index (χ0n) is 10.9. The van der Waals surface area contributed by atoms with Crippen LogP contribution in [0.2, 0.25) is 0 Å². The third-order valence-corrected chi connectivity index (χ3v) is 5.41. The molecular weight excluding hydrogens is 264 g/mol. The molecule has 2 rings (SSSR count). The Morgan fingerprint density at radius 3 is 3.06 bits per heavy atom. The number of thioether (sulfide) groups is 1. The number of hydrogen-bond donors (Lipinski definition) is 1. The highest BCUT2D eigenvalue weighted by Crippen LogP contribution is 2.40. The van der Waals surface area contributed by atoms with Gasteiger partial charge >= 0.3 is 6.03 Å². The van der Waals surface area contributed by atoms with Crippen LogP contribution in [0, 0.1) is 6.92 Å². The van der Waals surface area contributed by atoms with Crippen molar-refractivity contribution in [3.05, 3.63) is 21.9 Å². The molecule has 5 heteroatoms. The monoisotopic (exact) mass is 284 g/mol. The van der Waals surface area contributed by atoms with Gasteiger partial charge < -0.3 is 10.2 Å². The zero-order chi connectivity index (χ0) is 13.0. The molecule has 1 aromatic heterocycles. The van der Waals surface area contributed by atoms with Crippen LogP contribution >= 0.6 is 23.1 Å². The van der Waals surface area contributed by atoms with Crippen molar-refractivity contribution < 1.29 is 4.79 Å². The lowest BCUT2D eigenvalue weighted by Gasteiger charge is -2.23. The maximum atomic E-state index is 12.1. The Morgan fingerprint density at radius 2 is 2.39 bits per heavy atom. The second-order valence-electron chi connectivity index (χ2n) is 4.45. The summed E-state index contributed by atoms with van der Waals surface area (Å²) in [4.78, 5) is 16.7. The fourth-order valence-electron chi connectivity index (χ4n) is 1.97. The number of amides is 2. The Kier molecular flexibility index (Phi) is 4.95. The van der Waals surface area contributed by atoms with Gasteiger partial charge in [0, 0.05) is 28.6 Å². The van der Waals surface area contributed by atoms with Gasteiger partial charge in [0.15, 0.2) is 0 Å². The molecule has 3 nitrogen and oxygen atoms in total. The molecule has 1 fully saturated rings. The van der Waals surface area contributed by atoms with Crippen LogP contribution in [0.15, 0.2) is 12.1 Å². The number of hydrogen-bond acceptors (Lipinski definition) is 3. The molecule has 0 spiro atoms. The molecule has 2 amide bonds. The number of carbonyl (C=O) groups excluding carboxylic acids is 1. The molecule has 1 saturated heterocycles. The number of carbonyl (C=O) groups is 1. The summed E-state index contributed by atoms with van der Waals surface area (Å²) in [6.07, 6.45) is 2.16. The molecule has 1 N–H and O–H groups in total. The summed E-state index contributed by atoms with van der Waals surface area (Å²) in [5, 5.41) is 3.22. The van der Waals surface area contributed by atoms with E-state index in [0.717, 1.165) is 31.7 Å². The molecule has 2 heterocycles. The van der Waals surface area contributed by atoms with Crippen molar-refractivity contribution in [3.8, 4) is 0 Å². The van der Waals surface area contributed by atoms with Crippen LogP contribution in [-0.2, 0) is 0 Å². The zero-order valence-corrected chi connectivity index (χ0v) is 12.6. The highest BCUT2D eigenvalue weighted by Gasteiger charge is 2.31. The van der Waals surface area contributed by atoms with Gasteiger partial charge in [0.25, 0.3) is 0 Å². The summed E-state index contributed by atoms with van der Waals surface area (Å²) in [7, 11) is 0. The Hall–Kier alpha value is -0.680. The van der Waals surface area contributed by atoms with E-state index in [1.807, 2.05) is 16.7 Å². The summed E-state index contributed by atoms with van der Waals surface area (Å²) in [6, 6.07) is 4.37. The van der Waals surface area contributed by atoms with Crippen LogP contribution in [0.25, 0.3) is 0 Å². The predicted octanol–water partition coefficient (Wildman–Crippen LogP) is 3.61. The van der Waals surface area contributed by atoms with Crippen molar-refractivity contribution >= 4 is 29.1 Å². The average molecular weight is 284 g/mol. The Morgan fingerprint density at radius 1 is 1.56 bits per heavy atom. The van der Waals surface area contributed by atoms with E-state index in [1.54, 1.807) is 11.3 Å². The molecule has 0 unspecified atom stereocenters. The minimum Gasteiger partial charge on any atom is -0.338 e. The highest BCUT2D eigenvalue weighted by molar-refractivity contribution is 7.99. The van der Waals surface area contributed by atoms with E-state index in [2.05, 4.69) is 31.3 Å². The first kappa shape index (κ1) is 13.7. The summed E-state index contributed by atoms with van der Waals surface area (Å²) >= 11 is 3.65. The average Bonchev–Trinajstić information content (AvgIpc) is 2.97. The second kappa shape index (κ2) is 6.48. The quantitative estimate of drug-likeness (QED) is 0.857. The van der Waals surface area contributed by atoms with Gasteiger partial charge in [-0.05, 0) is 25.5 Å². The lowest BCUT2D eigenvalue weighted by Crippen LogP contribution is -2.39. The topological polar surface area (TPSA) is 32.3 Å². The Labute approximate surface area is 117 Å². The number of thiophene rings is 1. The van der Waals surface area contributed by atoms with Crippen LogP contribution in [0.1, 0.15) is 34.9 Å². The third-order valence-electron chi connectivity index (χ3n) is 2.96. The van der Waals surface area contributed by atoms with E-state index in [0.29, 0.717) is 0 Å². The first-order valence-electron chi connectivity index (χ1n) is 6.44. The van der Waals surface area contributed by atoms with Gasteiger partial charge in [0.1, 0.15) is 5.37 Å². The Balaban J connectivity index is 1.97. The molecule has 0 aliphatic carbocycles. The third kappa shape index (κ3) is 3.20. The van der Waals surface area contributed by atoms with Crippen molar-refractivity contribution in [1.29, 1.82) is 0 Å². The lowest BCUT2D eigenvalue weighted by atomic mass is 10.3. The van der Waals surface area contributed by atoms with Gasteiger partial charge in [-0.1, -0.05) is 13.3 Å². The first-order chi connectivity index (χ1) is 8.72. The molecule has 100 valence electrons. The number of aryl methyl sites for hydroxylation is 1. The molecule has 1 atom stereocenters. The van der Waals surface area contributed by atoms with Crippen molar-refractivity contribution in [1.82, 2.24) is 10.2 Å². The standard InChI is InChI=1S/C13H20N2OS2/c1-3-4-7-14-13(16)15-8-9-17-12(15)11-6-5-10(2)18-11/h5-6,12H,3-4,7-9H2,1-2H3,(H,14,16)/t12-/m0/s1. The van der Waals surface area contributed by atoms with E-state index in [4.69, 9.17) is 0 Å². The van der Waals surface area contributed by atoms with Crippen LogP contribution in [0.4, 0.5) is 4.79 Å². The van der Waals surface area contributed by atoms with Gasteiger partial charge in [-0.25, -0.2) is 4.79 Å². The largest absolute Gasteiger partial charge is 0.338 e. The van der Waals surface area contributed by atoms with Crippen molar-refractivity contribution in [2.75, 3.05) is 18.8 Å². The minimum absolute atomic E-state index is 0.0875. The van der Waals surface area contributed by atoms with Crippen LogP contribution < -0.4 is 5.32 Å². The van der Waals surface area contributed by atoms with Crippen molar-refractivity contribution in [2.45, 2.75) is 32.1 Å². The predicted molar refractivity (Wildman–Crippen MR) is 79.3 cm³/mol. The molecule has 1 aromatic rings. The van der Waals surface area contributed by atoms with Crippen LogP contribution in [0.3, 0.4) is 0 Å². The normalized spacial score (nSPS) is 19.2. The van der Waals surface area contributed by atoms with Crippen LogP contribution in [0.5, 0.6) is 0 Å². The summed E-state index contributed by atoms with van der Waals surface area (Å²) in [5.74, 6) is 1.03. The Bertz CT molecular complexity index is 405.